The zero-order valence-electron chi connectivity index (χ0n) is 5.04. The average Bonchev–Trinajstić information content (AvgIpc) is 2.31. The minimum Gasteiger partial charge on any atom is -0.193 e. The Kier molecular flexibility index (Phi) is 2.90. The van der Waals surface area contributed by atoms with Gasteiger partial charge in [-0.05, 0) is 40.8 Å². The van der Waals surface area contributed by atoms with E-state index >= 15 is 0 Å². The maximum absolute atomic E-state index is 8.20. The van der Waals surface area contributed by atoms with Crippen molar-refractivity contribution in [2.45, 2.75) is 0 Å². The van der Waals surface area contributed by atoms with Crippen molar-refractivity contribution in [3.05, 3.63) is 26.0 Å². The predicted molar refractivity (Wildman–Crippen MR) is 51.7 cm³/mol. The van der Waals surface area contributed by atoms with Gasteiger partial charge in [-0.1, -0.05) is 0 Å². The van der Waals surface area contributed by atoms with Crippen LogP contribution in [0.4, 0.5) is 0 Å². The normalized spacial score (nSPS) is 10.0. The first-order valence-corrected chi connectivity index (χ1v) is 4.54. The summed E-state index contributed by atoms with van der Waals surface area (Å²) in [7, 11) is 0. The zero-order chi connectivity index (χ0) is 7.40. The summed E-state index contributed by atoms with van der Waals surface area (Å²) in [5, 5.41) is 8.20. The van der Waals surface area contributed by atoms with Gasteiger partial charge in [-0.25, -0.2) is 0 Å². The molecule has 1 aromatic rings. The Labute approximate surface area is 77.1 Å². The van der Waals surface area contributed by atoms with Crippen LogP contribution in [-0.2, 0) is 0 Å². The molecule has 0 unspecified atom stereocenters. The molecule has 3 heteroatoms. The van der Waals surface area contributed by atoms with Gasteiger partial charge in [0.2, 0.25) is 0 Å². The molecule has 1 nitrogen and oxygen atoms in total. The van der Waals surface area contributed by atoms with Crippen LogP contribution in [0.2, 0.25) is 0 Å². The van der Waals surface area contributed by atoms with E-state index < -0.39 is 0 Å². The van der Waals surface area contributed by atoms with Crippen molar-refractivity contribution < 1.29 is 0 Å². The second-order valence-electron chi connectivity index (χ2n) is 1.60. The molecule has 0 aromatic carbocycles. The van der Waals surface area contributed by atoms with E-state index in [0.717, 1.165) is 4.88 Å². The van der Waals surface area contributed by atoms with Crippen LogP contribution in [-0.4, -0.2) is 0 Å². The van der Waals surface area contributed by atoms with Gasteiger partial charge < -0.3 is 0 Å². The Balaban J connectivity index is 2.78. The molecule has 0 amide bonds. The molecule has 50 valence electrons. The topological polar surface area (TPSA) is 23.8 Å². The van der Waals surface area contributed by atoms with Gasteiger partial charge in [0, 0.05) is 11.0 Å². The summed E-state index contributed by atoms with van der Waals surface area (Å²) in [6, 6.07) is 5.98. The molecule has 10 heavy (non-hydrogen) atoms. The third-order valence-electron chi connectivity index (χ3n) is 0.916. The zero-order valence-corrected chi connectivity index (χ0v) is 8.02. The first-order valence-electron chi connectivity index (χ1n) is 2.64. The highest BCUT2D eigenvalue weighted by Crippen LogP contribution is 2.18. The Morgan fingerprint density at radius 2 is 2.40 bits per heavy atom. The molecule has 0 aliphatic carbocycles. The largest absolute Gasteiger partial charge is 0.193 e. The second-order valence-corrected chi connectivity index (χ2v) is 4.61. The number of halogens is 1. The molecule has 0 saturated heterocycles. The highest BCUT2D eigenvalue weighted by molar-refractivity contribution is 14.1. The molecule has 0 aliphatic rings. The summed E-state index contributed by atoms with van der Waals surface area (Å²) >= 11 is 3.93. The van der Waals surface area contributed by atoms with E-state index in [2.05, 4.69) is 22.6 Å². The van der Waals surface area contributed by atoms with Gasteiger partial charge >= 0.3 is 0 Å². The van der Waals surface area contributed by atoms with Crippen molar-refractivity contribution in [1.29, 1.82) is 5.26 Å². The van der Waals surface area contributed by atoms with E-state index in [-0.39, 0.29) is 0 Å². The van der Waals surface area contributed by atoms with Crippen LogP contribution in [0.25, 0.3) is 6.08 Å². The second kappa shape index (κ2) is 3.74. The molecule has 0 radical (unpaired) electrons. The molecule has 0 fully saturated rings. The van der Waals surface area contributed by atoms with Gasteiger partial charge in [-0.3, -0.25) is 0 Å². The van der Waals surface area contributed by atoms with Gasteiger partial charge in [-0.2, -0.15) is 5.26 Å². The minimum absolute atomic E-state index is 1.13. The lowest BCUT2D eigenvalue weighted by molar-refractivity contribution is 1.54. The molecule has 0 spiro atoms. The quantitative estimate of drug-likeness (QED) is 0.563. The molecule has 0 atom stereocenters. The number of thiophene rings is 1. The van der Waals surface area contributed by atoms with E-state index in [1.807, 2.05) is 24.3 Å². The Hall–Kier alpha value is -0.340. The van der Waals surface area contributed by atoms with Crippen molar-refractivity contribution in [3.8, 4) is 6.07 Å². The summed E-state index contributed by atoms with van der Waals surface area (Å²) in [5.41, 5.74) is 0. The monoisotopic (exact) mass is 261 g/mol. The fraction of sp³-hybridized carbons (Fsp3) is 0. The van der Waals surface area contributed by atoms with Crippen LogP contribution in [0, 0.1) is 14.2 Å². The van der Waals surface area contributed by atoms with E-state index in [1.54, 1.807) is 11.3 Å². The molecule has 1 heterocycles. The van der Waals surface area contributed by atoms with E-state index in [0.29, 0.717) is 0 Å². The molecule has 1 aromatic heterocycles. The Bertz CT molecular complexity index is 282. The standard InChI is InChI=1S/C7H4INS/c8-7-4-3-6(10-7)2-1-5-9/h1-4H/b2-1+. The predicted octanol–water partition coefficient (Wildman–Crippen LogP) is 2.89. The third-order valence-corrected chi connectivity index (χ3v) is 2.78. The Morgan fingerprint density at radius 3 is 2.90 bits per heavy atom. The molecule has 0 N–H and O–H groups in total. The smallest absolute Gasteiger partial charge is 0.0912 e. The molecule has 0 bridgehead atoms. The van der Waals surface area contributed by atoms with Crippen LogP contribution in [0.3, 0.4) is 0 Å². The maximum atomic E-state index is 8.20. The van der Waals surface area contributed by atoms with Gasteiger partial charge in [0.1, 0.15) is 0 Å². The lowest BCUT2D eigenvalue weighted by Crippen LogP contribution is -1.52. The van der Waals surface area contributed by atoms with Crippen LogP contribution < -0.4 is 0 Å². The third kappa shape index (κ3) is 2.12. The SMILES string of the molecule is N#C/C=C/c1ccc(I)s1. The van der Waals surface area contributed by atoms with Crippen LogP contribution >= 0.6 is 33.9 Å². The number of nitriles is 1. The van der Waals surface area contributed by atoms with E-state index in [4.69, 9.17) is 5.26 Å². The molecule has 1 rings (SSSR count). The summed E-state index contributed by atoms with van der Waals surface area (Å²) in [5.74, 6) is 0. The fourth-order valence-electron chi connectivity index (χ4n) is 0.537. The molecule has 0 saturated carbocycles. The molecular formula is C7H4INS. The number of allylic oxidation sites excluding steroid dienone is 1. The van der Waals surface area contributed by atoms with Crippen LogP contribution in [0.5, 0.6) is 0 Å². The lowest BCUT2D eigenvalue weighted by Gasteiger charge is -1.75. The number of hydrogen-bond acceptors (Lipinski definition) is 2. The van der Waals surface area contributed by atoms with E-state index in [9.17, 15) is 0 Å². The Morgan fingerprint density at radius 1 is 1.60 bits per heavy atom. The summed E-state index contributed by atoms with van der Waals surface area (Å²) < 4.78 is 1.25. The highest BCUT2D eigenvalue weighted by Gasteiger charge is 1.90. The molecular weight excluding hydrogens is 257 g/mol. The number of nitrogens with zero attached hydrogens (tertiary/aromatic N) is 1. The van der Waals surface area contributed by atoms with Crippen molar-refractivity contribution >= 4 is 40.0 Å². The first kappa shape index (κ1) is 7.76. The van der Waals surface area contributed by atoms with Crippen molar-refractivity contribution in [1.82, 2.24) is 0 Å². The lowest BCUT2D eigenvalue weighted by atomic mass is 10.4. The average molecular weight is 261 g/mol. The van der Waals surface area contributed by atoms with E-state index in [1.165, 1.54) is 8.96 Å². The fourth-order valence-corrected chi connectivity index (χ4v) is 2.11. The van der Waals surface area contributed by atoms with Crippen LogP contribution in [0.15, 0.2) is 18.2 Å². The van der Waals surface area contributed by atoms with Crippen molar-refractivity contribution in [2.24, 2.45) is 0 Å². The highest BCUT2D eigenvalue weighted by atomic mass is 127. The van der Waals surface area contributed by atoms with Gasteiger partial charge in [0.25, 0.3) is 0 Å². The number of rotatable bonds is 1. The molecule has 0 aliphatic heterocycles. The van der Waals surface area contributed by atoms with Crippen molar-refractivity contribution in [2.75, 3.05) is 0 Å². The number of hydrogen-bond donors (Lipinski definition) is 0. The minimum atomic E-state index is 1.13. The van der Waals surface area contributed by atoms with Crippen molar-refractivity contribution in [3.63, 3.8) is 0 Å². The summed E-state index contributed by atoms with van der Waals surface area (Å²) in [6.45, 7) is 0. The van der Waals surface area contributed by atoms with Gasteiger partial charge in [0.05, 0.1) is 8.95 Å². The van der Waals surface area contributed by atoms with Gasteiger partial charge in [0.15, 0.2) is 0 Å². The van der Waals surface area contributed by atoms with Crippen LogP contribution in [0.1, 0.15) is 4.88 Å². The van der Waals surface area contributed by atoms with Gasteiger partial charge in [-0.15, -0.1) is 11.3 Å². The maximum Gasteiger partial charge on any atom is 0.0912 e. The first-order chi connectivity index (χ1) is 4.83. The summed E-state index contributed by atoms with van der Waals surface area (Å²) in [6.07, 6.45) is 3.30. The summed E-state index contributed by atoms with van der Waals surface area (Å²) in [4.78, 5) is 1.13.